The van der Waals surface area contributed by atoms with Crippen molar-refractivity contribution in [2.45, 2.75) is 18.1 Å². The van der Waals surface area contributed by atoms with Gasteiger partial charge in [-0.25, -0.2) is 0 Å². The molecular formula is C11H11F3N2O. The molecular weight excluding hydrogens is 233 g/mol. The minimum Gasteiger partial charge on any atom is -0.496 e. The average Bonchev–Trinajstić information content (AvgIpc) is 2.78. The molecule has 1 aromatic rings. The summed E-state index contributed by atoms with van der Waals surface area (Å²) in [7, 11) is 1.34. The average molecular weight is 244 g/mol. The van der Waals surface area contributed by atoms with Crippen molar-refractivity contribution in [3.8, 4) is 5.75 Å². The van der Waals surface area contributed by atoms with Crippen molar-refractivity contribution in [2.75, 3.05) is 13.7 Å². The van der Waals surface area contributed by atoms with Crippen molar-refractivity contribution in [3.05, 3.63) is 29.8 Å². The van der Waals surface area contributed by atoms with Gasteiger partial charge in [-0.05, 0) is 6.07 Å². The van der Waals surface area contributed by atoms with Crippen LogP contribution < -0.4 is 4.74 Å². The summed E-state index contributed by atoms with van der Waals surface area (Å²) in [6.07, 6.45) is -4.64. The normalized spacial score (nSPS) is 24.0. The third-order valence-electron chi connectivity index (χ3n) is 2.84. The number of methoxy groups -OCH3 is 1. The molecule has 1 aliphatic rings. The zero-order valence-corrected chi connectivity index (χ0v) is 9.16. The standard InChI is InChI=1S/C11H11F3N2O/c1-17-9-5-3-2-4-8(9)10(11(12,13)14)6-7-15-16-10/h2-5H,6-7H2,1H3/t10-/m1/s1. The number of benzene rings is 1. The number of rotatable bonds is 2. The maximum atomic E-state index is 13.2. The van der Waals surface area contributed by atoms with Crippen LogP contribution in [-0.4, -0.2) is 19.8 Å². The predicted molar refractivity (Wildman–Crippen MR) is 55.1 cm³/mol. The Balaban J connectivity index is 2.58. The van der Waals surface area contributed by atoms with Crippen molar-refractivity contribution in [3.63, 3.8) is 0 Å². The van der Waals surface area contributed by atoms with Crippen molar-refractivity contribution in [1.82, 2.24) is 0 Å². The molecule has 0 amide bonds. The molecule has 92 valence electrons. The molecule has 0 radical (unpaired) electrons. The van der Waals surface area contributed by atoms with Gasteiger partial charge in [0.05, 0.1) is 13.7 Å². The van der Waals surface area contributed by atoms with Gasteiger partial charge < -0.3 is 4.74 Å². The van der Waals surface area contributed by atoms with Crippen molar-refractivity contribution in [1.29, 1.82) is 0 Å². The van der Waals surface area contributed by atoms with Gasteiger partial charge in [-0.3, -0.25) is 0 Å². The van der Waals surface area contributed by atoms with Crippen LogP contribution in [0, 0.1) is 0 Å². The number of hydrogen-bond acceptors (Lipinski definition) is 3. The summed E-state index contributed by atoms with van der Waals surface area (Å²) < 4.78 is 44.6. The Bertz CT molecular complexity index is 445. The molecule has 1 aromatic carbocycles. The van der Waals surface area contributed by atoms with Crippen molar-refractivity contribution >= 4 is 0 Å². The van der Waals surface area contributed by atoms with E-state index in [0.717, 1.165) is 0 Å². The molecule has 0 unspecified atom stereocenters. The van der Waals surface area contributed by atoms with E-state index < -0.39 is 11.7 Å². The first-order valence-electron chi connectivity index (χ1n) is 5.10. The molecule has 1 atom stereocenters. The summed E-state index contributed by atoms with van der Waals surface area (Å²) in [5, 5.41) is 6.94. The monoisotopic (exact) mass is 244 g/mol. The lowest BCUT2D eigenvalue weighted by atomic mass is 9.87. The molecule has 0 bridgehead atoms. The van der Waals surface area contributed by atoms with Crippen LogP contribution in [-0.2, 0) is 5.54 Å². The predicted octanol–water partition coefficient (Wildman–Crippen LogP) is 3.31. The molecule has 17 heavy (non-hydrogen) atoms. The lowest BCUT2D eigenvalue weighted by Gasteiger charge is -2.28. The van der Waals surface area contributed by atoms with Crippen LogP contribution >= 0.6 is 0 Å². The van der Waals surface area contributed by atoms with Gasteiger partial charge in [0.25, 0.3) is 0 Å². The fourth-order valence-electron chi connectivity index (χ4n) is 1.96. The van der Waals surface area contributed by atoms with E-state index in [4.69, 9.17) is 4.74 Å². The summed E-state index contributed by atoms with van der Waals surface area (Å²) in [4.78, 5) is 0. The summed E-state index contributed by atoms with van der Waals surface area (Å²) >= 11 is 0. The lowest BCUT2D eigenvalue weighted by Crippen LogP contribution is -2.39. The molecule has 1 heterocycles. The van der Waals surface area contributed by atoms with Crippen molar-refractivity contribution in [2.24, 2.45) is 10.2 Å². The molecule has 0 aliphatic carbocycles. The maximum absolute atomic E-state index is 13.2. The fourth-order valence-corrected chi connectivity index (χ4v) is 1.96. The van der Waals surface area contributed by atoms with E-state index >= 15 is 0 Å². The fraction of sp³-hybridized carbons (Fsp3) is 0.455. The number of ether oxygens (including phenoxy) is 1. The van der Waals surface area contributed by atoms with Gasteiger partial charge in [0.1, 0.15) is 5.75 Å². The zero-order valence-electron chi connectivity index (χ0n) is 9.16. The van der Waals surface area contributed by atoms with E-state index in [2.05, 4.69) is 10.2 Å². The number of para-hydroxylation sites is 1. The first-order chi connectivity index (χ1) is 8.01. The lowest BCUT2D eigenvalue weighted by molar-refractivity contribution is -0.188. The van der Waals surface area contributed by atoms with Crippen LogP contribution in [0.3, 0.4) is 0 Å². The Morgan fingerprint density at radius 1 is 1.29 bits per heavy atom. The van der Waals surface area contributed by atoms with Gasteiger partial charge in [0.2, 0.25) is 5.54 Å². The summed E-state index contributed by atoms with van der Waals surface area (Å²) in [5.74, 6) is 0.186. The molecule has 0 N–H and O–H groups in total. The zero-order chi connectivity index (χ0) is 12.5. The van der Waals surface area contributed by atoms with Gasteiger partial charge in [0.15, 0.2) is 0 Å². The Kier molecular flexibility index (Phi) is 2.81. The third kappa shape index (κ3) is 1.77. The second-order valence-electron chi connectivity index (χ2n) is 3.77. The smallest absolute Gasteiger partial charge is 0.419 e. The first kappa shape index (κ1) is 11.9. The molecule has 0 aromatic heterocycles. The summed E-state index contributed by atoms with van der Waals surface area (Å²) in [6.45, 7) is 0.0809. The Morgan fingerprint density at radius 3 is 2.53 bits per heavy atom. The highest BCUT2D eigenvalue weighted by Gasteiger charge is 2.59. The highest BCUT2D eigenvalue weighted by atomic mass is 19.4. The van der Waals surface area contributed by atoms with Crippen LogP contribution in [0.1, 0.15) is 12.0 Å². The Morgan fingerprint density at radius 2 is 2.00 bits per heavy atom. The molecule has 0 spiro atoms. The minimum absolute atomic E-state index is 0.0243. The second-order valence-corrected chi connectivity index (χ2v) is 3.77. The molecule has 0 saturated heterocycles. The van der Waals surface area contributed by atoms with Crippen LogP contribution in [0.25, 0.3) is 0 Å². The largest absolute Gasteiger partial charge is 0.496 e. The molecule has 6 heteroatoms. The van der Waals surface area contributed by atoms with Gasteiger partial charge in [0, 0.05) is 12.0 Å². The Hall–Kier alpha value is -1.59. The molecule has 3 nitrogen and oxygen atoms in total. The Labute approximate surface area is 96.3 Å². The summed E-state index contributed by atoms with van der Waals surface area (Å²) in [5.41, 5.74) is -2.23. The number of alkyl halides is 3. The first-order valence-corrected chi connectivity index (χ1v) is 5.10. The van der Waals surface area contributed by atoms with Gasteiger partial charge in [-0.15, -0.1) is 0 Å². The third-order valence-corrected chi connectivity index (χ3v) is 2.84. The van der Waals surface area contributed by atoms with Gasteiger partial charge >= 0.3 is 6.18 Å². The van der Waals surface area contributed by atoms with Crippen molar-refractivity contribution < 1.29 is 17.9 Å². The minimum atomic E-state index is -4.47. The van der Waals surface area contributed by atoms with Gasteiger partial charge in [-0.1, -0.05) is 18.2 Å². The number of halogens is 3. The topological polar surface area (TPSA) is 34.0 Å². The highest BCUT2D eigenvalue weighted by molar-refractivity contribution is 5.41. The van der Waals surface area contributed by atoms with E-state index in [1.165, 1.54) is 19.2 Å². The highest BCUT2D eigenvalue weighted by Crippen LogP contribution is 2.50. The van der Waals surface area contributed by atoms with E-state index in [9.17, 15) is 13.2 Å². The van der Waals surface area contributed by atoms with E-state index in [0.29, 0.717) is 0 Å². The van der Waals surface area contributed by atoms with Crippen LogP contribution in [0.2, 0.25) is 0 Å². The SMILES string of the molecule is COc1ccccc1[C@@]1(C(F)(F)F)CCN=N1. The quantitative estimate of drug-likeness (QED) is 0.785. The van der Waals surface area contributed by atoms with E-state index in [1.54, 1.807) is 12.1 Å². The van der Waals surface area contributed by atoms with Gasteiger partial charge in [-0.2, -0.15) is 23.4 Å². The van der Waals surface area contributed by atoms with Crippen LogP contribution in [0.5, 0.6) is 5.75 Å². The molecule has 0 saturated carbocycles. The number of azo groups is 1. The maximum Gasteiger partial charge on any atom is 0.419 e. The molecule has 2 rings (SSSR count). The molecule has 1 aliphatic heterocycles. The van der Waals surface area contributed by atoms with E-state index in [1.807, 2.05) is 0 Å². The molecule has 0 fully saturated rings. The number of hydrogen-bond donors (Lipinski definition) is 0. The van der Waals surface area contributed by atoms with E-state index in [-0.39, 0.29) is 24.3 Å². The summed E-state index contributed by atoms with van der Waals surface area (Å²) in [6, 6.07) is 6.05. The van der Waals surface area contributed by atoms with Crippen LogP contribution in [0.4, 0.5) is 13.2 Å². The number of nitrogens with zero attached hydrogens (tertiary/aromatic N) is 2. The second kappa shape index (κ2) is 4.01. The van der Waals surface area contributed by atoms with Crippen LogP contribution in [0.15, 0.2) is 34.5 Å².